The van der Waals surface area contributed by atoms with Crippen LogP contribution in [0, 0.1) is 0 Å². The van der Waals surface area contributed by atoms with Crippen LogP contribution in [0.2, 0.25) is 0 Å². The molecule has 7 heteroatoms. The van der Waals surface area contributed by atoms with E-state index in [-0.39, 0.29) is 5.91 Å². The standard InChI is InChI=1S/C18H19N5OS/c1-22(2)17(24)16-10-8-15(9-11-16)13-25-18-19-20-21-23(18)12-14-6-4-3-5-7-14/h3-11H,12-13H2,1-2H3. The Kier molecular flexibility index (Phi) is 5.45. The molecule has 0 bridgehead atoms. The third-order valence-electron chi connectivity index (χ3n) is 3.65. The van der Waals surface area contributed by atoms with Gasteiger partial charge in [-0.1, -0.05) is 54.2 Å². The number of amides is 1. The highest BCUT2D eigenvalue weighted by Crippen LogP contribution is 2.21. The normalized spacial score (nSPS) is 10.6. The van der Waals surface area contributed by atoms with Gasteiger partial charge < -0.3 is 4.90 Å². The highest BCUT2D eigenvalue weighted by Gasteiger charge is 2.10. The second-order valence-electron chi connectivity index (χ2n) is 5.79. The van der Waals surface area contributed by atoms with Gasteiger partial charge in [0.25, 0.3) is 5.91 Å². The van der Waals surface area contributed by atoms with E-state index in [0.717, 1.165) is 22.0 Å². The van der Waals surface area contributed by atoms with E-state index in [1.165, 1.54) is 0 Å². The van der Waals surface area contributed by atoms with Gasteiger partial charge in [0.2, 0.25) is 5.16 Å². The Morgan fingerprint density at radius 3 is 2.44 bits per heavy atom. The number of aromatic nitrogens is 4. The zero-order valence-corrected chi connectivity index (χ0v) is 15.0. The smallest absolute Gasteiger partial charge is 0.253 e. The first kappa shape index (κ1) is 17.2. The summed E-state index contributed by atoms with van der Waals surface area (Å²) in [6, 6.07) is 17.7. The number of nitrogens with zero attached hydrogens (tertiary/aromatic N) is 5. The molecule has 0 saturated heterocycles. The first-order valence-corrected chi connectivity index (χ1v) is 8.85. The van der Waals surface area contributed by atoms with Crippen LogP contribution in [0.4, 0.5) is 0 Å². The van der Waals surface area contributed by atoms with Crippen LogP contribution in [0.15, 0.2) is 59.8 Å². The van der Waals surface area contributed by atoms with Gasteiger partial charge in [0.05, 0.1) is 6.54 Å². The van der Waals surface area contributed by atoms with E-state index in [4.69, 9.17) is 0 Å². The molecule has 1 heterocycles. The van der Waals surface area contributed by atoms with E-state index in [9.17, 15) is 4.79 Å². The summed E-state index contributed by atoms with van der Waals surface area (Å²) in [4.78, 5) is 13.5. The summed E-state index contributed by atoms with van der Waals surface area (Å²) in [6.45, 7) is 0.645. The molecule has 2 aromatic carbocycles. The van der Waals surface area contributed by atoms with Crippen LogP contribution in [0.3, 0.4) is 0 Å². The summed E-state index contributed by atoms with van der Waals surface area (Å²) in [7, 11) is 3.50. The zero-order chi connectivity index (χ0) is 17.6. The van der Waals surface area contributed by atoms with Crippen LogP contribution in [0.1, 0.15) is 21.5 Å². The monoisotopic (exact) mass is 353 g/mol. The van der Waals surface area contributed by atoms with Crippen molar-refractivity contribution in [2.45, 2.75) is 17.5 Å². The van der Waals surface area contributed by atoms with Crippen molar-refractivity contribution in [3.63, 3.8) is 0 Å². The first-order chi connectivity index (χ1) is 12.1. The van der Waals surface area contributed by atoms with Crippen LogP contribution >= 0.6 is 11.8 Å². The van der Waals surface area contributed by atoms with Crippen LogP contribution < -0.4 is 0 Å². The van der Waals surface area contributed by atoms with Crippen LogP contribution in [-0.4, -0.2) is 45.1 Å². The Morgan fingerprint density at radius 2 is 1.76 bits per heavy atom. The summed E-state index contributed by atoms with van der Waals surface area (Å²) in [5.41, 5.74) is 2.96. The summed E-state index contributed by atoms with van der Waals surface area (Å²) in [5.74, 6) is 0.747. The molecular formula is C18H19N5OS. The minimum absolute atomic E-state index is 0.00556. The third kappa shape index (κ3) is 4.45. The molecule has 6 nitrogen and oxygen atoms in total. The predicted octanol–water partition coefficient (Wildman–Crippen LogP) is 2.72. The van der Waals surface area contributed by atoms with Gasteiger partial charge in [0.1, 0.15) is 0 Å². The van der Waals surface area contributed by atoms with Gasteiger partial charge in [-0.25, -0.2) is 4.68 Å². The molecule has 0 aliphatic heterocycles. The zero-order valence-electron chi connectivity index (χ0n) is 14.2. The lowest BCUT2D eigenvalue weighted by atomic mass is 10.1. The second-order valence-corrected chi connectivity index (χ2v) is 6.73. The first-order valence-electron chi connectivity index (χ1n) is 7.87. The summed E-state index contributed by atoms with van der Waals surface area (Å²) >= 11 is 1.58. The number of thioether (sulfide) groups is 1. The molecule has 0 N–H and O–H groups in total. The van der Waals surface area contributed by atoms with Gasteiger partial charge in [0, 0.05) is 25.4 Å². The van der Waals surface area contributed by atoms with E-state index in [2.05, 4.69) is 27.7 Å². The molecule has 0 spiro atoms. The molecule has 0 saturated carbocycles. The maximum absolute atomic E-state index is 11.9. The molecule has 1 amide bonds. The fraction of sp³-hybridized carbons (Fsp3) is 0.222. The highest BCUT2D eigenvalue weighted by molar-refractivity contribution is 7.98. The SMILES string of the molecule is CN(C)C(=O)c1ccc(CSc2nnnn2Cc2ccccc2)cc1. The average Bonchev–Trinajstić information content (AvgIpc) is 3.07. The maximum atomic E-state index is 11.9. The summed E-state index contributed by atoms with van der Waals surface area (Å²) in [5, 5.41) is 12.7. The van der Waals surface area contributed by atoms with Crippen molar-refractivity contribution in [1.82, 2.24) is 25.1 Å². The molecule has 0 atom stereocenters. The second kappa shape index (κ2) is 7.94. The average molecular weight is 353 g/mol. The Labute approximate surface area is 150 Å². The Bertz CT molecular complexity index is 830. The molecule has 0 aliphatic rings. The molecule has 1 aromatic heterocycles. The quantitative estimate of drug-likeness (QED) is 0.638. The topological polar surface area (TPSA) is 63.9 Å². The molecule has 25 heavy (non-hydrogen) atoms. The van der Waals surface area contributed by atoms with Gasteiger partial charge in [-0.15, -0.1) is 5.10 Å². The van der Waals surface area contributed by atoms with Gasteiger partial charge in [-0.2, -0.15) is 0 Å². The number of benzene rings is 2. The van der Waals surface area contributed by atoms with Crippen LogP contribution in [-0.2, 0) is 12.3 Å². The lowest BCUT2D eigenvalue weighted by molar-refractivity contribution is 0.0827. The maximum Gasteiger partial charge on any atom is 0.253 e. The number of hydrogen-bond acceptors (Lipinski definition) is 5. The number of carbonyl (C=O) groups is 1. The van der Waals surface area contributed by atoms with Gasteiger partial charge in [0.15, 0.2) is 0 Å². The van der Waals surface area contributed by atoms with Gasteiger partial charge in [-0.3, -0.25) is 4.79 Å². The number of hydrogen-bond donors (Lipinski definition) is 0. The van der Waals surface area contributed by atoms with Gasteiger partial charge >= 0.3 is 0 Å². The van der Waals surface area contributed by atoms with Crippen molar-refractivity contribution in [2.75, 3.05) is 14.1 Å². The molecule has 0 unspecified atom stereocenters. The molecule has 0 radical (unpaired) electrons. The number of tetrazole rings is 1. The Balaban J connectivity index is 1.63. The summed E-state index contributed by atoms with van der Waals surface area (Å²) < 4.78 is 1.80. The lowest BCUT2D eigenvalue weighted by Gasteiger charge is -2.10. The molecule has 3 rings (SSSR count). The Morgan fingerprint density at radius 1 is 1.04 bits per heavy atom. The van der Waals surface area contributed by atoms with Crippen molar-refractivity contribution >= 4 is 17.7 Å². The predicted molar refractivity (Wildman–Crippen MR) is 97.4 cm³/mol. The van der Waals surface area contributed by atoms with Crippen molar-refractivity contribution in [3.8, 4) is 0 Å². The van der Waals surface area contributed by atoms with E-state index >= 15 is 0 Å². The van der Waals surface area contributed by atoms with E-state index in [1.54, 1.807) is 35.4 Å². The number of carbonyl (C=O) groups excluding carboxylic acids is 1. The van der Waals surface area contributed by atoms with E-state index in [0.29, 0.717) is 12.1 Å². The van der Waals surface area contributed by atoms with E-state index in [1.807, 2.05) is 42.5 Å². The molecule has 0 fully saturated rings. The lowest BCUT2D eigenvalue weighted by Crippen LogP contribution is -2.21. The third-order valence-corrected chi connectivity index (χ3v) is 4.68. The van der Waals surface area contributed by atoms with Crippen LogP contribution in [0.5, 0.6) is 0 Å². The molecule has 0 aliphatic carbocycles. The van der Waals surface area contributed by atoms with Crippen LogP contribution in [0.25, 0.3) is 0 Å². The molecule has 3 aromatic rings. The fourth-order valence-electron chi connectivity index (χ4n) is 2.31. The summed E-state index contributed by atoms with van der Waals surface area (Å²) in [6.07, 6.45) is 0. The minimum Gasteiger partial charge on any atom is -0.345 e. The molecule has 128 valence electrons. The van der Waals surface area contributed by atoms with Crippen molar-refractivity contribution in [1.29, 1.82) is 0 Å². The fourth-order valence-corrected chi connectivity index (χ4v) is 3.14. The molecular weight excluding hydrogens is 334 g/mol. The Hall–Kier alpha value is -2.67. The highest BCUT2D eigenvalue weighted by atomic mass is 32.2. The van der Waals surface area contributed by atoms with Crippen molar-refractivity contribution < 1.29 is 4.79 Å². The van der Waals surface area contributed by atoms with Crippen molar-refractivity contribution in [3.05, 3.63) is 71.3 Å². The van der Waals surface area contributed by atoms with E-state index < -0.39 is 0 Å². The minimum atomic E-state index is 0.00556. The number of rotatable bonds is 6. The largest absolute Gasteiger partial charge is 0.345 e. The van der Waals surface area contributed by atoms with Crippen molar-refractivity contribution in [2.24, 2.45) is 0 Å². The van der Waals surface area contributed by atoms with Gasteiger partial charge in [-0.05, 0) is 33.7 Å².